The van der Waals surface area contributed by atoms with Gasteiger partial charge < -0.3 is 15.2 Å². The average molecular weight is 229 g/mol. The van der Waals surface area contributed by atoms with Crippen molar-refractivity contribution >= 4 is 22.3 Å². The lowest BCUT2D eigenvalue weighted by Crippen LogP contribution is -2.30. The number of nitrogens with one attached hydrogen (secondary N) is 2. The molecule has 2 heterocycles. The molecule has 1 aliphatic rings. The molecule has 2 aromatic rings. The predicted octanol–water partition coefficient (Wildman–Crippen LogP) is 2.04. The van der Waals surface area contributed by atoms with Gasteiger partial charge in [-0.1, -0.05) is 12.1 Å². The van der Waals surface area contributed by atoms with E-state index in [0.29, 0.717) is 0 Å². The van der Waals surface area contributed by atoms with E-state index in [0.717, 1.165) is 27.8 Å². The number of H-pyrrole nitrogens is 1. The van der Waals surface area contributed by atoms with Gasteiger partial charge in [0.2, 0.25) is 0 Å². The lowest BCUT2D eigenvalue weighted by Gasteiger charge is -2.16. The summed E-state index contributed by atoms with van der Waals surface area (Å²) in [5, 5.41) is 4.43. The first kappa shape index (κ1) is 10.2. The monoisotopic (exact) mass is 229 g/mol. The maximum Gasteiger partial charge on any atom is 0.274 e. The molecule has 0 aliphatic carbocycles. The minimum absolute atomic E-state index is 0.0301. The van der Waals surface area contributed by atoms with Gasteiger partial charge in [-0.3, -0.25) is 4.79 Å². The molecule has 0 fully saturated rings. The Morgan fingerprint density at radius 1 is 1.35 bits per heavy atom. The van der Waals surface area contributed by atoms with Crippen molar-refractivity contribution in [2.24, 2.45) is 0 Å². The van der Waals surface area contributed by atoms with Gasteiger partial charge in [0.25, 0.3) is 5.56 Å². The van der Waals surface area contributed by atoms with Crippen LogP contribution in [0.1, 0.15) is 12.5 Å². The number of anilines is 2. The predicted molar refractivity (Wildman–Crippen MR) is 70.8 cm³/mol. The minimum Gasteiger partial charge on any atom is -0.363 e. The standard InChI is InChI=1S/C13H15N3O/c1-7-4-5-9-10(6-7)15-13(17)12-11(9)14-8(2)16(12)3/h4-6,8,14H,1-3H3,(H,15,17). The zero-order chi connectivity index (χ0) is 12.2. The van der Waals surface area contributed by atoms with E-state index < -0.39 is 0 Å². The molecule has 4 heteroatoms. The molecule has 0 saturated carbocycles. The molecule has 0 spiro atoms. The molecular formula is C13H15N3O. The molecule has 2 N–H and O–H groups in total. The number of fused-ring (bicyclic) bond motifs is 3. The summed E-state index contributed by atoms with van der Waals surface area (Å²) in [6, 6.07) is 6.12. The van der Waals surface area contributed by atoms with Gasteiger partial charge in [-0.25, -0.2) is 0 Å². The van der Waals surface area contributed by atoms with Crippen LogP contribution < -0.4 is 15.8 Å². The molecule has 1 aromatic carbocycles. The van der Waals surface area contributed by atoms with Crippen molar-refractivity contribution in [3.8, 4) is 0 Å². The van der Waals surface area contributed by atoms with Crippen LogP contribution in [-0.4, -0.2) is 18.2 Å². The fourth-order valence-electron chi connectivity index (χ4n) is 2.38. The SMILES string of the molecule is Cc1ccc2c3c(c(=O)[nH]c2c1)N(C)C(C)N3. The lowest BCUT2D eigenvalue weighted by atomic mass is 10.1. The van der Waals surface area contributed by atoms with Crippen LogP contribution in [0.25, 0.3) is 10.9 Å². The minimum atomic E-state index is -0.0301. The molecule has 4 nitrogen and oxygen atoms in total. The summed E-state index contributed by atoms with van der Waals surface area (Å²) in [6.45, 7) is 4.06. The molecule has 1 aliphatic heterocycles. The summed E-state index contributed by atoms with van der Waals surface area (Å²) in [6.07, 6.45) is 0.151. The van der Waals surface area contributed by atoms with Crippen molar-refractivity contribution in [1.29, 1.82) is 0 Å². The maximum absolute atomic E-state index is 12.1. The Balaban J connectivity index is 2.41. The maximum atomic E-state index is 12.1. The molecule has 1 unspecified atom stereocenters. The van der Waals surface area contributed by atoms with Crippen molar-refractivity contribution in [2.75, 3.05) is 17.3 Å². The zero-order valence-electron chi connectivity index (χ0n) is 10.2. The van der Waals surface area contributed by atoms with Gasteiger partial charge in [-0.15, -0.1) is 0 Å². The Kier molecular flexibility index (Phi) is 1.96. The highest BCUT2D eigenvalue weighted by Gasteiger charge is 2.26. The summed E-state index contributed by atoms with van der Waals surface area (Å²) >= 11 is 0. The highest BCUT2D eigenvalue weighted by molar-refractivity contribution is 5.99. The van der Waals surface area contributed by atoms with Crippen molar-refractivity contribution < 1.29 is 0 Å². The Morgan fingerprint density at radius 2 is 2.12 bits per heavy atom. The number of aromatic nitrogens is 1. The van der Waals surface area contributed by atoms with Gasteiger partial charge in [0.1, 0.15) is 5.69 Å². The first-order valence-corrected chi connectivity index (χ1v) is 5.74. The Hall–Kier alpha value is -1.97. The quantitative estimate of drug-likeness (QED) is 0.726. The summed E-state index contributed by atoms with van der Waals surface area (Å²) < 4.78 is 0. The van der Waals surface area contributed by atoms with Crippen LogP contribution in [0.4, 0.5) is 11.4 Å². The van der Waals surface area contributed by atoms with Crippen molar-refractivity contribution in [3.05, 3.63) is 34.1 Å². The van der Waals surface area contributed by atoms with Gasteiger partial charge in [-0.2, -0.15) is 0 Å². The number of benzene rings is 1. The fourth-order valence-corrected chi connectivity index (χ4v) is 2.38. The van der Waals surface area contributed by atoms with Crippen molar-refractivity contribution in [3.63, 3.8) is 0 Å². The van der Waals surface area contributed by atoms with Crippen LogP contribution in [0.5, 0.6) is 0 Å². The van der Waals surface area contributed by atoms with E-state index in [-0.39, 0.29) is 11.7 Å². The molecule has 0 bridgehead atoms. The van der Waals surface area contributed by atoms with Gasteiger partial charge in [-0.05, 0) is 25.5 Å². The molecular weight excluding hydrogens is 214 g/mol. The van der Waals surface area contributed by atoms with E-state index >= 15 is 0 Å². The number of pyridine rings is 1. The first-order chi connectivity index (χ1) is 8.08. The van der Waals surface area contributed by atoms with Crippen LogP contribution >= 0.6 is 0 Å². The molecule has 1 atom stereocenters. The largest absolute Gasteiger partial charge is 0.363 e. The highest BCUT2D eigenvalue weighted by Crippen LogP contribution is 2.35. The normalized spacial score (nSPS) is 18.3. The van der Waals surface area contributed by atoms with Crippen LogP contribution in [0.2, 0.25) is 0 Å². The second kappa shape index (κ2) is 3.26. The van der Waals surface area contributed by atoms with Gasteiger partial charge in [0.15, 0.2) is 0 Å². The second-order valence-corrected chi connectivity index (χ2v) is 4.66. The third kappa shape index (κ3) is 1.33. The molecule has 88 valence electrons. The molecule has 0 radical (unpaired) electrons. The van der Waals surface area contributed by atoms with Crippen LogP contribution in [0, 0.1) is 6.92 Å². The van der Waals surface area contributed by atoms with Crippen LogP contribution in [0.3, 0.4) is 0 Å². The number of hydrogen-bond acceptors (Lipinski definition) is 3. The molecule has 1 aromatic heterocycles. The van der Waals surface area contributed by atoms with Gasteiger partial charge in [0, 0.05) is 12.4 Å². The number of hydrogen-bond donors (Lipinski definition) is 2. The van der Waals surface area contributed by atoms with E-state index in [1.54, 1.807) is 0 Å². The van der Waals surface area contributed by atoms with E-state index in [9.17, 15) is 4.79 Å². The number of aryl methyl sites for hydroxylation is 1. The number of aromatic amines is 1. The zero-order valence-corrected chi connectivity index (χ0v) is 10.2. The van der Waals surface area contributed by atoms with E-state index in [2.05, 4.69) is 22.4 Å². The Labute approximate surface area is 99.3 Å². The Bertz CT molecular complexity index is 659. The third-order valence-corrected chi connectivity index (χ3v) is 3.43. The number of nitrogens with zero attached hydrogens (tertiary/aromatic N) is 1. The molecule has 17 heavy (non-hydrogen) atoms. The van der Waals surface area contributed by atoms with Crippen molar-refractivity contribution in [2.45, 2.75) is 20.0 Å². The summed E-state index contributed by atoms with van der Waals surface area (Å²) in [7, 11) is 1.93. The number of rotatable bonds is 0. The lowest BCUT2D eigenvalue weighted by molar-refractivity contribution is 0.803. The molecule has 0 saturated heterocycles. The smallest absolute Gasteiger partial charge is 0.274 e. The fraction of sp³-hybridized carbons (Fsp3) is 0.308. The highest BCUT2D eigenvalue weighted by atomic mass is 16.1. The van der Waals surface area contributed by atoms with E-state index in [1.165, 1.54) is 0 Å². The molecule has 0 amide bonds. The second-order valence-electron chi connectivity index (χ2n) is 4.66. The van der Waals surface area contributed by atoms with E-state index in [4.69, 9.17) is 0 Å². The van der Waals surface area contributed by atoms with E-state index in [1.807, 2.05) is 31.9 Å². The third-order valence-electron chi connectivity index (χ3n) is 3.43. The first-order valence-electron chi connectivity index (χ1n) is 5.74. The van der Waals surface area contributed by atoms with Gasteiger partial charge in [0.05, 0.1) is 17.4 Å². The topological polar surface area (TPSA) is 48.1 Å². The average Bonchev–Trinajstić information content (AvgIpc) is 2.55. The van der Waals surface area contributed by atoms with Crippen LogP contribution in [0.15, 0.2) is 23.0 Å². The summed E-state index contributed by atoms with van der Waals surface area (Å²) in [4.78, 5) is 17.0. The van der Waals surface area contributed by atoms with Crippen LogP contribution in [-0.2, 0) is 0 Å². The van der Waals surface area contributed by atoms with Crippen molar-refractivity contribution in [1.82, 2.24) is 4.98 Å². The molecule has 3 rings (SSSR count). The van der Waals surface area contributed by atoms with Gasteiger partial charge >= 0.3 is 0 Å². The summed E-state index contributed by atoms with van der Waals surface area (Å²) in [5.74, 6) is 0. The summed E-state index contributed by atoms with van der Waals surface area (Å²) in [5.41, 5.74) is 3.68. The Morgan fingerprint density at radius 3 is 2.88 bits per heavy atom.